The Labute approximate surface area is 200 Å². The Morgan fingerprint density at radius 2 is 1.75 bits per heavy atom. The average Bonchev–Trinajstić information content (AvgIpc) is 2.77. The third-order valence-corrected chi connectivity index (χ3v) is 7.31. The maximum absolute atomic E-state index is 12.3. The molecule has 0 amide bonds. The molecule has 0 saturated heterocycles. The molecule has 3 rings (SSSR count). The number of hydrogen-bond acceptors (Lipinski definition) is 5. The lowest BCUT2D eigenvalue weighted by Gasteiger charge is -2.36. The molecule has 4 nitrogen and oxygen atoms in total. The molecular formula is C26H31ClO4S. The lowest BCUT2D eigenvalue weighted by Crippen LogP contribution is -2.36. The molecule has 0 unspecified atom stereocenters. The van der Waals surface area contributed by atoms with Crippen LogP contribution in [0.1, 0.15) is 56.0 Å². The summed E-state index contributed by atoms with van der Waals surface area (Å²) in [6.07, 6.45) is 3.01. The van der Waals surface area contributed by atoms with Crippen molar-refractivity contribution in [3.63, 3.8) is 0 Å². The largest absolute Gasteiger partial charge is 0.460 e. The Hall–Kier alpha value is -1.98. The first-order valence-electron chi connectivity index (χ1n) is 11.2. The van der Waals surface area contributed by atoms with Crippen LogP contribution in [0.5, 0.6) is 0 Å². The van der Waals surface area contributed by atoms with Crippen molar-refractivity contribution in [2.75, 3.05) is 6.61 Å². The van der Waals surface area contributed by atoms with Crippen molar-refractivity contribution in [1.29, 1.82) is 0 Å². The number of esters is 2. The summed E-state index contributed by atoms with van der Waals surface area (Å²) in [7, 11) is 0. The lowest BCUT2D eigenvalue weighted by atomic mass is 9.75. The van der Waals surface area contributed by atoms with Gasteiger partial charge in [-0.15, -0.1) is 11.8 Å². The summed E-state index contributed by atoms with van der Waals surface area (Å²) >= 11 is 7.61. The molecule has 0 bridgehead atoms. The fourth-order valence-corrected chi connectivity index (χ4v) is 5.08. The molecule has 1 saturated carbocycles. The van der Waals surface area contributed by atoms with Gasteiger partial charge in [-0.05, 0) is 72.6 Å². The normalized spacial score (nSPS) is 20.7. The van der Waals surface area contributed by atoms with Crippen molar-refractivity contribution >= 4 is 35.3 Å². The highest BCUT2D eigenvalue weighted by molar-refractivity contribution is 7.98. The van der Waals surface area contributed by atoms with E-state index in [9.17, 15) is 9.59 Å². The number of benzene rings is 2. The third-order valence-electron chi connectivity index (χ3n) is 5.97. The minimum atomic E-state index is -0.517. The topological polar surface area (TPSA) is 52.6 Å². The number of hydrogen-bond donors (Lipinski definition) is 0. The van der Waals surface area contributed by atoms with Crippen LogP contribution in [0.25, 0.3) is 0 Å². The molecule has 0 spiro atoms. The molecule has 0 aliphatic heterocycles. The molecule has 2 aromatic rings. The molecule has 1 aliphatic carbocycles. The molecule has 0 radical (unpaired) electrons. The van der Waals surface area contributed by atoms with Gasteiger partial charge >= 0.3 is 11.9 Å². The van der Waals surface area contributed by atoms with Crippen molar-refractivity contribution in [3.8, 4) is 0 Å². The summed E-state index contributed by atoms with van der Waals surface area (Å²) < 4.78 is 10.9. The zero-order valence-electron chi connectivity index (χ0n) is 18.9. The second kappa shape index (κ2) is 11.8. The van der Waals surface area contributed by atoms with E-state index in [2.05, 4.69) is 20.8 Å². The van der Waals surface area contributed by atoms with Gasteiger partial charge in [-0.25, -0.2) is 9.59 Å². The first kappa shape index (κ1) is 24.7. The molecule has 2 aromatic carbocycles. The predicted molar refractivity (Wildman–Crippen MR) is 129 cm³/mol. The van der Waals surface area contributed by atoms with Crippen LogP contribution < -0.4 is 0 Å². The number of carbonyl (C=O) groups is 2. The van der Waals surface area contributed by atoms with E-state index in [1.807, 2.05) is 36.4 Å². The Morgan fingerprint density at radius 1 is 1.06 bits per heavy atom. The minimum Gasteiger partial charge on any atom is -0.460 e. The number of ether oxygens (including phenoxy) is 2. The van der Waals surface area contributed by atoms with Crippen LogP contribution in [0, 0.1) is 17.8 Å². The molecule has 1 aliphatic rings. The van der Waals surface area contributed by atoms with Crippen LogP contribution in [-0.2, 0) is 20.0 Å². The summed E-state index contributed by atoms with van der Waals surface area (Å²) in [5.41, 5.74) is 1.51. The van der Waals surface area contributed by atoms with Crippen LogP contribution in [0.3, 0.4) is 0 Å². The van der Waals surface area contributed by atoms with E-state index in [4.69, 9.17) is 21.1 Å². The van der Waals surface area contributed by atoms with Crippen LogP contribution in [0.4, 0.5) is 0 Å². The molecular weight excluding hydrogens is 444 g/mol. The van der Waals surface area contributed by atoms with Crippen LogP contribution in [0.2, 0.25) is 5.02 Å². The second-order valence-electron chi connectivity index (χ2n) is 8.87. The zero-order valence-corrected chi connectivity index (χ0v) is 20.5. The minimum absolute atomic E-state index is 0.0950. The first-order valence-corrected chi connectivity index (χ1v) is 12.5. The summed E-state index contributed by atoms with van der Waals surface area (Å²) in [5.74, 6) is 1.15. The van der Waals surface area contributed by atoms with E-state index in [0.29, 0.717) is 28.3 Å². The van der Waals surface area contributed by atoms with Crippen LogP contribution >= 0.6 is 23.4 Å². The van der Waals surface area contributed by atoms with Crippen molar-refractivity contribution in [1.82, 2.24) is 0 Å². The lowest BCUT2D eigenvalue weighted by molar-refractivity contribution is -0.159. The van der Waals surface area contributed by atoms with Gasteiger partial charge in [0.15, 0.2) is 6.61 Å². The van der Waals surface area contributed by atoms with E-state index in [0.717, 1.165) is 29.1 Å². The molecule has 32 heavy (non-hydrogen) atoms. The summed E-state index contributed by atoms with van der Waals surface area (Å²) in [4.78, 5) is 25.8. The highest BCUT2D eigenvalue weighted by Gasteiger charge is 2.33. The van der Waals surface area contributed by atoms with E-state index >= 15 is 0 Å². The Kier molecular flexibility index (Phi) is 9.06. The highest BCUT2D eigenvalue weighted by atomic mass is 35.5. The number of halogens is 1. The fraction of sp³-hybridized carbons (Fsp3) is 0.462. The van der Waals surface area contributed by atoms with Gasteiger partial charge in [0, 0.05) is 15.7 Å². The maximum atomic E-state index is 12.3. The van der Waals surface area contributed by atoms with E-state index in [-0.39, 0.29) is 12.7 Å². The van der Waals surface area contributed by atoms with Gasteiger partial charge in [-0.2, -0.15) is 0 Å². The van der Waals surface area contributed by atoms with E-state index < -0.39 is 11.9 Å². The number of thioether (sulfide) groups is 1. The average molecular weight is 475 g/mol. The zero-order chi connectivity index (χ0) is 23.1. The molecule has 0 aromatic heterocycles. The number of carbonyl (C=O) groups excluding carboxylic acids is 2. The van der Waals surface area contributed by atoms with Gasteiger partial charge in [0.2, 0.25) is 0 Å². The summed E-state index contributed by atoms with van der Waals surface area (Å²) in [5, 5.41) is 0.717. The fourth-order valence-electron chi connectivity index (χ4n) is 4.10. The molecule has 6 heteroatoms. The van der Waals surface area contributed by atoms with E-state index in [1.54, 1.807) is 23.9 Å². The van der Waals surface area contributed by atoms with Gasteiger partial charge < -0.3 is 9.47 Å². The van der Waals surface area contributed by atoms with Crippen LogP contribution in [0.15, 0.2) is 53.4 Å². The Bertz CT molecular complexity index is 895. The second-order valence-corrected chi connectivity index (χ2v) is 10.4. The smallest absolute Gasteiger partial charge is 0.344 e. The van der Waals surface area contributed by atoms with Gasteiger partial charge in [-0.3, -0.25) is 0 Å². The van der Waals surface area contributed by atoms with Crippen molar-refractivity contribution in [2.24, 2.45) is 17.8 Å². The monoisotopic (exact) mass is 474 g/mol. The predicted octanol–water partition coefficient (Wildman–Crippen LogP) is 6.79. The molecule has 3 atom stereocenters. The van der Waals surface area contributed by atoms with Gasteiger partial charge in [-0.1, -0.05) is 50.9 Å². The standard InChI is InChI=1S/C26H31ClO4S/c1-17(2)23-13-4-18(3)14-24(23)31-25(28)15-30-26(29)20-7-5-19(6-8-20)16-32-22-11-9-21(27)10-12-22/h5-12,17-18,23-24H,4,13-16H2,1-3H3/t18-,23+,24-/m1/s1. The molecule has 1 fully saturated rings. The van der Waals surface area contributed by atoms with Gasteiger partial charge in [0.05, 0.1) is 5.56 Å². The molecule has 0 heterocycles. The Balaban J connectivity index is 1.45. The highest BCUT2D eigenvalue weighted by Crippen LogP contribution is 2.35. The molecule has 172 valence electrons. The molecule has 0 N–H and O–H groups in total. The quantitative estimate of drug-likeness (QED) is 0.311. The van der Waals surface area contributed by atoms with Crippen molar-refractivity contribution in [3.05, 3.63) is 64.7 Å². The van der Waals surface area contributed by atoms with Crippen molar-refractivity contribution < 1.29 is 19.1 Å². The SMILES string of the molecule is CC(C)[C@@H]1CC[C@@H](C)C[C@H]1OC(=O)COC(=O)c1ccc(CSc2ccc(Cl)cc2)cc1. The first-order chi connectivity index (χ1) is 15.3. The summed E-state index contributed by atoms with van der Waals surface area (Å²) in [6, 6.07) is 14.9. The van der Waals surface area contributed by atoms with E-state index in [1.165, 1.54) is 6.42 Å². The van der Waals surface area contributed by atoms with Gasteiger partial charge in [0.1, 0.15) is 6.10 Å². The third kappa shape index (κ3) is 7.28. The summed E-state index contributed by atoms with van der Waals surface area (Å²) in [6.45, 7) is 6.16. The van der Waals surface area contributed by atoms with Crippen molar-refractivity contribution in [2.45, 2.75) is 56.8 Å². The van der Waals surface area contributed by atoms with Crippen LogP contribution in [-0.4, -0.2) is 24.6 Å². The van der Waals surface area contributed by atoms with Gasteiger partial charge in [0.25, 0.3) is 0 Å². The number of rotatable bonds is 8. The maximum Gasteiger partial charge on any atom is 0.344 e. The Morgan fingerprint density at radius 3 is 2.41 bits per heavy atom.